The van der Waals surface area contributed by atoms with Crippen LogP contribution in [0.15, 0.2) is 11.1 Å². The number of hydrogen-bond donors (Lipinski definition) is 0. The summed E-state index contributed by atoms with van der Waals surface area (Å²) in [4.78, 5) is 24.5. The molecule has 4 nitrogen and oxygen atoms in total. The van der Waals surface area contributed by atoms with Crippen LogP contribution in [0.25, 0.3) is 0 Å². The van der Waals surface area contributed by atoms with Gasteiger partial charge in [0.15, 0.2) is 0 Å². The number of carbonyl (C=O) groups excluding carboxylic acids is 2. The molecular formula is C16H28O4. The van der Waals surface area contributed by atoms with Gasteiger partial charge in [0.2, 0.25) is 0 Å². The van der Waals surface area contributed by atoms with E-state index in [0.717, 1.165) is 0 Å². The summed E-state index contributed by atoms with van der Waals surface area (Å²) in [5.74, 6) is -1.06. The van der Waals surface area contributed by atoms with E-state index in [9.17, 15) is 9.59 Å². The number of esters is 2. The largest absolute Gasteiger partial charge is 0.460 e. The Morgan fingerprint density at radius 3 is 1.00 bits per heavy atom. The number of ether oxygens (including phenoxy) is 2. The van der Waals surface area contributed by atoms with Gasteiger partial charge in [-0.1, -0.05) is 27.7 Å². The number of hydrogen-bond acceptors (Lipinski definition) is 4. The lowest BCUT2D eigenvalue weighted by Crippen LogP contribution is -2.25. The Labute approximate surface area is 122 Å². The van der Waals surface area contributed by atoms with Crippen molar-refractivity contribution in [3.63, 3.8) is 0 Å². The van der Waals surface area contributed by atoms with Gasteiger partial charge in [0.1, 0.15) is 0 Å². The van der Waals surface area contributed by atoms with E-state index in [4.69, 9.17) is 9.47 Å². The van der Waals surface area contributed by atoms with Gasteiger partial charge in [-0.2, -0.15) is 0 Å². The first-order chi connectivity index (χ1) is 9.07. The zero-order valence-corrected chi connectivity index (χ0v) is 13.9. The highest BCUT2D eigenvalue weighted by molar-refractivity contribution is 6.01. The molecule has 4 heteroatoms. The molecule has 0 amide bonds. The van der Waals surface area contributed by atoms with Gasteiger partial charge >= 0.3 is 11.9 Å². The third-order valence-corrected chi connectivity index (χ3v) is 2.57. The molecule has 0 unspecified atom stereocenters. The molecule has 0 aromatic carbocycles. The maximum absolute atomic E-state index is 12.2. The Balaban J connectivity index is 5.68. The molecule has 0 bridgehead atoms. The zero-order chi connectivity index (χ0) is 16.0. The molecule has 0 spiro atoms. The van der Waals surface area contributed by atoms with Crippen LogP contribution in [0.1, 0.15) is 55.4 Å². The van der Waals surface area contributed by atoms with Crippen molar-refractivity contribution in [3.8, 4) is 0 Å². The van der Waals surface area contributed by atoms with Crippen molar-refractivity contribution in [2.45, 2.75) is 67.6 Å². The third kappa shape index (κ3) is 5.76. The van der Waals surface area contributed by atoms with E-state index in [1.165, 1.54) is 0 Å². The average molecular weight is 284 g/mol. The van der Waals surface area contributed by atoms with E-state index < -0.39 is 11.9 Å². The molecule has 0 radical (unpaired) electrons. The molecular weight excluding hydrogens is 256 g/mol. The standard InChI is InChI=1S/C16H28O4/c1-9(2)13(15(17)19-11(5)6)14(10(3)4)16(18)20-12(7)8/h9-12H,1-8H3/b14-13+. The molecule has 0 aromatic heterocycles. The topological polar surface area (TPSA) is 52.6 Å². The van der Waals surface area contributed by atoms with Gasteiger partial charge in [-0.25, -0.2) is 9.59 Å². The molecule has 0 fully saturated rings. The Morgan fingerprint density at radius 2 is 0.850 bits per heavy atom. The fourth-order valence-corrected chi connectivity index (χ4v) is 1.87. The van der Waals surface area contributed by atoms with Gasteiger partial charge in [0.05, 0.1) is 23.4 Å². The summed E-state index contributed by atoms with van der Waals surface area (Å²) < 4.78 is 10.5. The second-order valence-corrected chi connectivity index (χ2v) is 6.04. The monoisotopic (exact) mass is 284 g/mol. The van der Waals surface area contributed by atoms with Crippen molar-refractivity contribution in [2.75, 3.05) is 0 Å². The minimum absolute atomic E-state index is 0.0987. The predicted octanol–water partition coefficient (Wildman–Crippen LogP) is 3.50. The molecule has 0 rings (SSSR count). The first kappa shape index (κ1) is 18.7. The number of carbonyl (C=O) groups is 2. The normalized spacial score (nSPS) is 13.0. The van der Waals surface area contributed by atoms with Crippen LogP contribution in [0.4, 0.5) is 0 Å². The van der Waals surface area contributed by atoms with Gasteiger partial charge in [-0.05, 0) is 39.5 Å². The lowest BCUT2D eigenvalue weighted by Gasteiger charge is -2.21. The number of rotatable bonds is 6. The van der Waals surface area contributed by atoms with E-state index in [1.807, 2.05) is 27.7 Å². The quantitative estimate of drug-likeness (QED) is 0.553. The Bertz CT molecular complexity index is 340. The van der Waals surface area contributed by atoms with Gasteiger partial charge < -0.3 is 9.47 Å². The summed E-state index contributed by atoms with van der Waals surface area (Å²) in [6.07, 6.45) is -0.434. The molecule has 0 aliphatic heterocycles. The van der Waals surface area contributed by atoms with Crippen LogP contribution >= 0.6 is 0 Å². The molecule has 116 valence electrons. The fraction of sp³-hybridized carbons (Fsp3) is 0.750. The molecule has 0 aliphatic carbocycles. The lowest BCUT2D eigenvalue weighted by atomic mass is 9.90. The summed E-state index contributed by atoms with van der Waals surface area (Å²) in [5, 5.41) is 0. The average Bonchev–Trinajstić information content (AvgIpc) is 2.21. The Hall–Kier alpha value is -1.32. The van der Waals surface area contributed by atoms with E-state index in [1.54, 1.807) is 27.7 Å². The van der Waals surface area contributed by atoms with Crippen LogP contribution in [0, 0.1) is 11.8 Å². The maximum atomic E-state index is 12.2. The molecule has 0 saturated heterocycles. The first-order valence-corrected chi connectivity index (χ1v) is 7.23. The minimum Gasteiger partial charge on any atom is -0.460 e. The second kappa shape index (κ2) is 8.08. The van der Waals surface area contributed by atoms with Crippen LogP contribution in [-0.2, 0) is 19.1 Å². The molecule has 0 N–H and O–H groups in total. The SMILES string of the molecule is CC(C)OC(=O)/C(=C(/C(=O)OC(C)C)C(C)C)C(C)C. The highest BCUT2D eigenvalue weighted by Gasteiger charge is 2.28. The van der Waals surface area contributed by atoms with E-state index in [2.05, 4.69) is 0 Å². The molecule has 0 heterocycles. The summed E-state index contributed by atoms with van der Waals surface area (Å²) in [7, 11) is 0. The van der Waals surface area contributed by atoms with Crippen LogP contribution in [0.3, 0.4) is 0 Å². The summed E-state index contributed by atoms with van der Waals surface area (Å²) >= 11 is 0. The predicted molar refractivity (Wildman–Crippen MR) is 79.2 cm³/mol. The fourth-order valence-electron chi connectivity index (χ4n) is 1.87. The third-order valence-electron chi connectivity index (χ3n) is 2.57. The molecule has 0 saturated carbocycles. The summed E-state index contributed by atoms with van der Waals surface area (Å²) in [5.41, 5.74) is 0.832. The van der Waals surface area contributed by atoms with Gasteiger partial charge in [-0.3, -0.25) is 0 Å². The molecule has 0 aromatic rings. The van der Waals surface area contributed by atoms with Crippen molar-refractivity contribution in [3.05, 3.63) is 11.1 Å². The van der Waals surface area contributed by atoms with Gasteiger partial charge in [0.25, 0.3) is 0 Å². The second-order valence-electron chi connectivity index (χ2n) is 6.04. The molecule has 20 heavy (non-hydrogen) atoms. The lowest BCUT2D eigenvalue weighted by molar-refractivity contribution is -0.147. The van der Waals surface area contributed by atoms with E-state index >= 15 is 0 Å². The van der Waals surface area contributed by atoms with Crippen molar-refractivity contribution >= 4 is 11.9 Å². The highest BCUT2D eigenvalue weighted by Crippen LogP contribution is 2.25. The van der Waals surface area contributed by atoms with Crippen molar-refractivity contribution in [2.24, 2.45) is 11.8 Å². The Morgan fingerprint density at radius 1 is 0.600 bits per heavy atom. The Kier molecular flexibility index (Phi) is 7.54. The zero-order valence-electron chi connectivity index (χ0n) is 13.9. The van der Waals surface area contributed by atoms with Gasteiger partial charge in [0, 0.05) is 0 Å². The van der Waals surface area contributed by atoms with Crippen LogP contribution in [-0.4, -0.2) is 24.1 Å². The highest BCUT2D eigenvalue weighted by atomic mass is 16.5. The van der Waals surface area contributed by atoms with Crippen LogP contribution < -0.4 is 0 Å². The van der Waals surface area contributed by atoms with Crippen LogP contribution in [0.2, 0.25) is 0 Å². The first-order valence-electron chi connectivity index (χ1n) is 7.23. The molecule has 0 atom stereocenters. The van der Waals surface area contributed by atoms with Crippen molar-refractivity contribution in [1.82, 2.24) is 0 Å². The van der Waals surface area contributed by atoms with Crippen molar-refractivity contribution < 1.29 is 19.1 Å². The van der Waals surface area contributed by atoms with E-state index in [-0.39, 0.29) is 24.0 Å². The summed E-state index contributed by atoms with van der Waals surface area (Å²) in [6, 6.07) is 0. The molecule has 0 aliphatic rings. The van der Waals surface area contributed by atoms with Crippen LogP contribution in [0.5, 0.6) is 0 Å². The maximum Gasteiger partial charge on any atom is 0.335 e. The summed E-state index contributed by atoms with van der Waals surface area (Å²) in [6.45, 7) is 14.7. The van der Waals surface area contributed by atoms with Gasteiger partial charge in [-0.15, -0.1) is 0 Å². The smallest absolute Gasteiger partial charge is 0.335 e. The van der Waals surface area contributed by atoms with E-state index in [0.29, 0.717) is 11.1 Å². The minimum atomic E-state index is -0.431. The van der Waals surface area contributed by atoms with Crippen molar-refractivity contribution in [1.29, 1.82) is 0 Å².